The molecule has 28 heavy (non-hydrogen) atoms. The molecule has 0 spiro atoms. The van der Waals surface area contributed by atoms with Gasteiger partial charge in [0.15, 0.2) is 0 Å². The Bertz CT molecular complexity index is 676. The molecule has 0 aromatic carbocycles. The van der Waals surface area contributed by atoms with Crippen LogP contribution in [0.2, 0.25) is 0 Å². The lowest BCUT2D eigenvalue weighted by molar-refractivity contribution is -0.706. The van der Waals surface area contributed by atoms with Gasteiger partial charge in [0.2, 0.25) is 6.33 Å². The second kappa shape index (κ2) is 7.58. The van der Waals surface area contributed by atoms with Crippen LogP contribution in [0.25, 0.3) is 0 Å². The number of nitrogens with zero attached hydrogens (tertiary/aromatic N) is 5. The van der Waals surface area contributed by atoms with Crippen LogP contribution in [0.5, 0.6) is 0 Å². The van der Waals surface area contributed by atoms with Crippen LogP contribution < -0.4 is 4.57 Å². The van der Waals surface area contributed by atoms with Crippen molar-refractivity contribution < 1.29 is 4.57 Å². The van der Waals surface area contributed by atoms with Gasteiger partial charge in [0.25, 0.3) is 0 Å². The Kier molecular flexibility index (Phi) is 5.45. The summed E-state index contributed by atoms with van der Waals surface area (Å²) in [6.45, 7) is 20.0. The number of aromatic nitrogens is 2. The van der Waals surface area contributed by atoms with E-state index in [9.17, 15) is 0 Å². The summed E-state index contributed by atoms with van der Waals surface area (Å²) < 4.78 is 4.87. The zero-order chi connectivity index (χ0) is 19.9. The van der Waals surface area contributed by atoms with Gasteiger partial charge in [-0.2, -0.15) is 0 Å². The third kappa shape index (κ3) is 4.22. The van der Waals surface area contributed by atoms with Gasteiger partial charge in [0.05, 0.1) is 5.54 Å². The second-order valence-electron chi connectivity index (χ2n) is 10.7. The molecule has 4 heterocycles. The van der Waals surface area contributed by atoms with E-state index in [-0.39, 0.29) is 5.54 Å². The predicted octanol–water partition coefficient (Wildman–Crippen LogP) is 2.55. The number of hydrogen-bond acceptors (Lipinski definition) is 3. The topological polar surface area (TPSA) is 18.5 Å². The average molecular weight is 387 g/mol. The number of piperidine rings is 1. The van der Waals surface area contributed by atoms with E-state index in [1.807, 2.05) is 0 Å². The molecule has 5 heteroatoms. The van der Waals surface area contributed by atoms with Gasteiger partial charge in [-0.15, -0.1) is 0 Å². The summed E-state index contributed by atoms with van der Waals surface area (Å²) in [4.78, 5) is 7.88. The lowest BCUT2D eigenvalue weighted by Crippen LogP contribution is -2.67. The molecule has 0 amide bonds. The van der Waals surface area contributed by atoms with Crippen molar-refractivity contribution >= 4 is 0 Å². The highest BCUT2D eigenvalue weighted by Crippen LogP contribution is 2.28. The molecule has 3 aliphatic rings. The Hall–Kier alpha value is -1.17. The highest BCUT2D eigenvalue weighted by atomic mass is 15.4. The summed E-state index contributed by atoms with van der Waals surface area (Å²) in [7, 11) is 0. The van der Waals surface area contributed by atoms with Crippen molar-refractivity contribution in [1.82, 2.24) is 19.3 Å². The normalized spacial score (nSPS) is 24.2. The molecule has 0 saturated carbocycles. The van der Waals surface area contributed by atoms with Gasteiger partial charge in [0.1, 0.15) is 25.0 Å². The Balaban J connectivity index is 1.29. The summed E-state index contributed by atoms with van der Waals surface area (Å²) >= 11 is 0. The lowest BCUT2D eigenvalue weighted by Gasteiger charge is -2.51. The molecule has 0 atom stereocenters. The average Bonchev–Trinajstić information content (AvgIpc) is 3.24. The van der Waals surface area contributed by atoms with E-state index in [0.717, 1.165) is 25.7 Å². The molecular weight excluding hydrogens is 346 g/mol. The van der Waals surface area contributed by atoms with Crippen molar-refractivity contribution in [3.05, 3.63) is 30.9 Å². The van der Waals surface area contributed by atoms with E-state index >= 15 is 0 Å². The number of hydrogen-bond donors (Lipinski definition) is 0. The third-order valence-electron chi connectivity index (χ3n) is 7.20. The molecule has 0 aliphatic carbocycles. The number of likely N-dealkylation sites (tertiary alicyclic amines) is 2. The van der Waals surface area contributed by atoms with Crippen molar-refractivity contribution in [2.45, 2.75) is 77.2 Å². The molecule has 5 nitrogen and oxygen atoms in total. The monoisotopic (exact) mass is 386 g/mol. The fourth-order valence-corrected chi connectivity index (χ4v) is 5.08. The standard InChI is InChI=1S/C23H40N5/c1-22(2,3)27-12-8-20(9-13-27)26-15-14-24(19-26)18-23(4,5)28-16-21(17-28)25-10-6-7-11-25/h6-7,14-15,19-21H,8-13,16-18H2,1-5H3/q+1. The lowest BCUT2D eigenvalue weighted by atomic mass is 9.94. The van der Waals surface area contributed by atoms with E-state index in [1.54, 1.807) is 0 Å². The van der Waals surface area contributed by atoms with Gasteiger partial charge in [-0.25, -0.2) is 9.13 Å². The van der Waals surface area contributed by atoms with E-state index < -0.39 is 0 Å². The number of rotatable bonds is 5. The molecule has 0 unspecified atom stereocenters. The van der Waals surface area contributed by atoms with E-state index in [0.29, 0.717) is 11.6 Å². The van der Waals surface area contributed by atoms with Gasteiger partial charge < -0.3 is 0 Å². The fraction of sp³-hybridized carbons (Fsp3) is 0.783. The summed E-state index contributed by atoms with van der Waals surface area (Å²) in [6, 6.07) is 1.40. The summed E-state index contributed by atoms with van der Waals surface area (Å²) in [5.74, 6) is 0. The highest BCUT2D eigenvalue weighted by molar-refractivity contribution is 5.03. The van der Waals surface area contributed by atoms with Crippen LogP contribution in [0, 0.1) is 0 Å². The summed E-state index contributed by atoms with van der Waals surface area (Å²) in [5.41, 5.74) is 0.502. The minimum Gasteiger partial charge on any atom is -0.298 e. The Morgan fingerprint density at radius 2 is 1.54 bits per heavy atom. The zero-order valence-electron chi connectivity index (χ0n) is 18.6. The number of imidazole rings is 1. The maximum atomic E-state index is 2.65. The van der Waals surface area contributed by atoms with E-state index in [4.69, 9.17) is 0 Å². The molecule has 0 N–H and O–H groups in total. The molecule has 2 fully saturated rings. The van der Waals surface area contributed by atoms with Crippen LogP contribution >= 0.6 is 0 Å². The smallest absolute Gasteiger partial charge is 0.244 e. The van der Waals surface area contributed by atoms with Crippen molar-refractivity contribution in [2.75, 3.05) is 39.3 Å². The molecule has 0 radical (unpaired) electrons. The molecule has 156 valence electrons. The maximum absolute atomic E-state index is 2.65. The van der Waals surface area contributed by atoms with E-state index in [1.165, 1.54) is 39.0 Å². The summed E-state index contributed by atoms with van der Waals surface area (Å²) in [5, 5.41) is 0. The molecular formula is C23H40N5+. The van der Waals surface area contributed by atoms with Gasteiger partial charge in [-0.1, -0.05) is 12.2 Å². The van der Waals surface area contributed by atoms with Crippen LogP contribution in [-0.4, -0.2) is 75.7 Å². The third-order valence-corrected chi connectivity index (χ3v) is 7.20. The minimum atomic E-state index is 0.204. The predicted molar refractivity (Wildman–Crippen MR) is 114 cm³/mol. The van der Waals surface area contributed by atoms with Gasteiger partial charge in [0, 0.05) is 63.7 Å². The first-order valence-electron chi connectivity index (χ1n) is 11.2. The fourth-order valence-electron chi connectivity index (χ4n) is 5.08. The molecule has 1 aromatic heterocycles. The van der Waals surface area contributed by atoms with Crippen molar-refractivity contribution in [3.63, 3.8) is 0 Å². The van der Waals surface area contributed by atoms with Crippen molar-refractivity contribution in [3.8, 4) is 0 Å². The first-order valence-corrected chi connectivity index (χ1v) is 11.2. The van der Waals surface area contributed by atoms with Gasteiger partial charge in [-0.3, -0.25) is 14.7 Å². The Morgan fingerprint density at radius 3 is 2.14 bits per heavy atom. The van der Waals surface area contributed by atoms with Crippen molar-refractivity contribution in [1.29, 1.82) is 0 Å². The van der Waals surface area contributed by atoms with Crippen LogP contribution in [0.15, 0.2) is 30.9 Å². The van der Waals surface area contributed by atoms with Crippen LogP contribution in [-0.2, 0) is 6.54 Å². The summed E-state index contributed by atoms with van der Waals surface area (Å²) in [6.07, 6.45) is 14.0. The molecule has 1 aromatic rings. The molecule has 0 bridgehead atoms. The quantitative estimate of drug-likeness (QED) is 0.572. The zero-order valence-corrected chi connectivity index (χ0v) is 18.6. The van der Waals surface area contributed by atoms with Crippen LogP contribution in [0.3, 0.4) is 0 Å². The Labute approximate surface area is 171 Å². The maximum Gasteiger partial charge on any atom is 0.244 e. The SMILES string of the molecule is CC(C)(C)N1CCC(n2cc[n+](CC(C)(C)N3CC(N4CC=CC4)C3)c2)CC1. The Morgan fingerprint density at radius 1 is 0.893 bits per heavy atom. The first kappa shape index (κ1) is 20.1. The van der Waals surface area contributed by atoms with Gasteiger partial charge >= 0.3 is 0 Å². The molecule has 3 aliphatic heterocycles. The van der Waals surface area contributed by atoms with Gasteiger partial charge in [-0.05, 0) is 34.6 Å². The first-order chi connectivity index (χ1) is 13.2. The molecule has 2 saturated heterocycles. The molecule has 4 rings (SSSR count). The second-order valence-corrected chi connectivity index (χ2v) is 10.7. The van der Waals surface area contributed by atoms with E-state index in [2.05, 4.69) is 89.3 Å². The van der Waals surface area contributed by atoms with Crippen LogP contribution in [0.4, 0.5) is 0 Å². The van der Waals surface area contributed by atoms with Crippen molar-refractivity contribution in [2.24, 2.45) is 0 Å². The minimum absolute atomic E-state index is 0.204. The van der Waals surface area contributed by atoms with Crippen LogP contribution in [0.1, 0.15) is 53.5 Å². The highest BCUT2D eigenvalue weighted by Gasteiger charge is 2.41. The largest absolute Gasteiger partial charge is 0.298 e.